The molecule has 1 N–H and O–H groups in total. The fraction of sp³-hybridized carbons (Fsp3) is 0.429. The summed E-state index contributed by atoms with van der Waals surface area (Å²) in [4.78, 5) is 27.2. The fourth-order valence-electron chi connectivity index (χ4n) is 3.37. The third kappa shape index (κ3) is 5.45. The highest BCUT2D eigenvalue weighted by Crippen LogP contribution is 2.19. The topological polar surface area (TPSA) is 63.6 Å². The van der Waals surface area contributed by atoms with Crippen LogP contribution in [0.15, 0.2) is 45.8 Å². The Morgan fingerprint density at radius 3 is 2.57 bits per heavy atom. The molecule has 2 aromatic rings. The van der Waals surface area contributed by atoms with E-state index in [0.29, 0.717) is 6.54 Å². The predicted octanol–water partition coefficient (Wildman–Crippen LogP) is 3.49. The van der Waals surface area contributed by atoms with Crippen LogP contribution in [0.2, 0.25) is 0 Å². The molecule has 0 unspecified atom stereocenters. The maximum Gasteiger partial charge on any atom is 0.244 e. The van der Waals surface area contributed by atoms with Crippen LogP contribution in [0, 0.1) is 5.92 Å². The summed E-state index contributed by atoms with van der Waals surface area (Å²) < 4.78 is 7.94. The van der Waals surface area contributed by atoms with Gasteiger partial charge >= 0.3 is 0 Å². The van der Waals surface area contributed by atoms with Crippen LogP contribution in [-0.4, -0.2) is 35.6 Å². The maximum absolute atomic E-state index is 12.6. The lowest BCUT2D eigenvalue weighted by atomic mass is 9.99. The number of aromatic nitrogens is 1. The average molecular weight is 448 g/mol. The summed E-state index contributed by atoms with van der Waals surface area (Å²) in [7, 11) is 1.47. The van der Waals surface area contributed by atoms with Gasteiger partial charge in [-0.1, -0.05) is 22.9 Å². The molecule has 1 aliphatic rings. The van der Waals surface area contributed by atoms with E-state index in [1.54, 1.807) is 12.3 Å². The van der Waals surface area contributed by atoms with Crippen LogP contribution in [0.3, 0.4) is 0 Å². The first kappa shape index (κ1) is 20.6. The number of carbonyl (C=O) groups is 1. The number of hydrogen-bond acceptors (Lipinski definition) is 4. The lowest BCUT2D eigenvalue weighted by Gasteiger charge is -2.31. The van der Waals surface area contributed by atoms with E-state index in [0.717, 1.165) is 47.7 Å². The molecule has 2 heterocycles. The van der Waals surface area contributed by atoms with Crippen LogP contribution in [0.1, 0.15) is 25.5 Å². The summed E-state index contributed by atoms with van der Waals surface area (Å²) in [6.07, 6.45) is 3.94. The largest absolute Gasteiger partial charge is 0.491 e. The number of likely N-dealkylation sites (tertiary alicyclic amines) is 1. The van der Waals surface area contributed by atoms with Crippen molar-refractivity contribution < 1.29 is 9.53 Å². The lowest BCUT2D eigenvalue weighted by molar-refractivity contribution is -0.116. The van der Waals surface area contributed by atoms with Crippen molar-refractivity contribution in [3.63, 3.8) is 0 Å². The van der Waals surface area contributed by atoms with Crippen LogP contribution in [0.5, 0.6) is 5.75 Å². The summed E-state index contributed by atoms with van der Waals surface area (Å²) in [5, 5.41) is 2.89. The Bertz CT molecular complexity index is 871. The van der Waals surface area contributed by atoms with E-state index in [9.17, 15) is 9.59 Å². The number of benzene rings is 1. The highest BCUT2D eigenvalue weighted by atomic mass is 79.9. The summed E-state index contributed by atoms with van der Waals surface area (Å²) >= 11 is 3.38. The molecule has 0 atom stereocenters. The van der Waals surface area contributed by atoms with Crippen molar-refractivity contribution >= 4 is 27.5 Å². The van der Waals surface area contributed by atoms with E-state index in [4.69, 9.17) is 4.74 Å². The Balaban J connectivity index is 1.76. The predicted molar refractivity (Wildman–Crippen MR) is 114 cm³/mol. The number of piperidine rings is 1. The summed E-state index contributed by atoms with van der Waals surface area (Å²) in [6, 6.07) is 9.01. The van der Waals surface area contributed by atoms with Gasteiger partial charge < -0.3 is 14.6 Å². The molecule has 0 radical (unpaired) electrons. The second-order valence-corrected chi connectivity index (χ2v) is 8.25. The number of carbonyl (C=O) groups excluding carboxylic acids is 1. The van der Waals surface area contributed by atoms with Crippen molar-refractivity contribution in [3.8, 4) is 5.75 Å². The zero-order valence-electron chi connectivity index (χ0n) is 16.3. The number of rotatable bonds is 6. The average Bonchev–Trinajstić information content (AvgIpc) is 2.67. The quantitative estimate of drug-likeness (QED) is 0.735. The molecule has 28 heavy (non-hydrogen) atoms. The third-order valence-electron chi connectivity index (χ3n) is 5.11. The molecule has 1 aromatic heterocycles. The standard InChI is InChI=1S/C21H26BrN3O3/c1-15-7-9-24(10-8-15)12-18-11-19(26)20(28-2)13-25(18)14-21(27)23-17-5-3-16(22)4-6-17/h3-6,11,13,15H,7-10,12,14H2,1-2H3,(H,23,27). The number of hydrogen-bond donors (Lipinski definition) is 1. The lowest BCUT2D eigenvalue weighted by Crippen LogP contribution is -2.34. The van der Waals surface area contributed by atoms with Gasteiger partial charge in [0.1, 0.15) is 6.54 Å². The van der Waals surface area contributed by atoms with Gasteiger partial charge in [-0.15, -0.1) is 0 Å². The van der Waals surface area contributed by atoms with Gasteiger partial charge in [0.25, 0.3) is 0 Å². The molecule has 0 aliphatic carbocycles. The molecule has 7 heteroatoms. The van der Waals surface area contributed by atoms with Gasteiger partial charge in [-0.2, -0.15) is 0 Å². The van der Waals surface area contributed by atoms with Crippen molar-refractivity contribution in [2.24, 2.45) is 5.92 Å². The van der Waals surface area contributed by atoms with Gasteiger partial charge in [0.15, 0.2) is 5.75 Å². The van der Waals surface area contributed by atoms with E-state index < -0.39 is 0 Å². The number of amides is 1. The molecular weight excluding hydrogens is 422 g/mol. The zero-order chi connectivity index (χ0) is 20.1. The van der Waals surface area contributed by atoms with Gasteiger partial charge in [-0.05, 0) is 56.1 Å². The minimum absolute atomic E-state index is 0.117. The molecule has 1 aromatic carbocycles. The highest BCUT2D eigenvalue weighted by molar-refractivity contribution is 9.10. The number of methoxy groups -OCH3 is 1. The van der Waals surface area contributed by atoms with Crippen LogP contribution < -0.4 is 15.5 Å². The van der Waals surface area contributed by atoms with E-state index in [-0.39, 0.29) is 23.6 Å². The van der Waals surface area contributed by atoms with Gasteiger partial charge in [-0.25, -0.2) is 0 Å². The van der Waals surface area contributed by atoms with E-state index >= 15 is 0 Å². The SMILES string of the molecule is COc1cn(CC(=O)Nc2ccc(Br)cc2)c(CN2CCC(C)CC2)cc1=O. The second-order valence-electron chi connectivity index (χ2n) is 7.34. The molecule has 1 aliphatic heterocycles. The smallest absolute Gasteiger partial charge is 0.244 e. The molecule has 1 amide bonds. The van der Waals surface area contributed by atoms with Gasteiger partial charge in [0.2, 0.25) is 11.3 Å². The summed E-state index contributed by atoms with van der Waals surface area (Å²) in [5.74, 6) is 0.833. The second kappa shape index (κ2) is 9.39. The van der Waals surface area contributed by atoms with Crippen LogP contribution in [-0.2, 0) is 17.9 Å². The first-order chi connectivity index (χ1) is 13.4. The van der Waals surface area contributed by atoms with E-state index in [1.165, 1.54) is 7.11 Å². The molecule has 0 saturated carbocycles. The summed E-state index contributed by atoms with van der Waals surface area (Å²) in [5.41, 5.74) is 1.39. The number of halogens is 1. The van der Waals surface area contributed by atoms with Crippen molar-refractivity contribution in [1.82, 2.24) is 9.47 Å². The van der Waals surface area contributed by atoms with E-state index in [1.807, 2.05) is 28.8 Å². The Labute approximate surface area is 173 Å². The van der Waals surface area contributed by atoms with Gasteiger partial charge in [0.05, 0.1) is 13.3 Å². The zero-order valence-corrected chi connectivity index (χ0v) is 17.9. The molecule has 3 rings (SSSR count). The molecule has 1 fully saturated rings. The Kier molecular flexibility index (Phi) is 6.91. The van der Waals surface area contributed by atoms with Crippen molar-refractivity contribution in [3.05, 3.63) is 56.9 Å². The normalized spacial score (nSPS) is 15.4. The monoisotopic (exact) mass is 447 g/mol. The molecule has 0 spiro atoms. The van der Waals surface area contributed by atoms with Crippen molar-refractivity contribution in [2.75, 3.05) is 25.5 Å². The first-order valence-corrected chi connectivity index (χ1v) is 10.3. The molecule has 150 valence electrons. The van der Waals surface area contributed by atoms with Gasteiger partial charge in [-0.3, -0.25) is 14.5 Å². The molecule has 1 saturated heterocycles. The fourth-order valence-corrected chi connectivity index (χ4v) is 3.63. The summed E-state index contributed by atoms with van der Waals surface area (Å²) in [6.45, 7) is 5.05. The van der Waals surface area contributed by atoms with Crippen LogP contribution in [0.4, 0.5) is 5.69 Å². The Morgan fingerprint density at radius 2 is 1.93 bits per heavy atom. The van der Waals surface area contributed by atoms with Gasteiger partial charge in [0, 0.05) is 28.5 Å². The number of nitrogens with zero attached hydrogens (tertiary/aromatic N) is 2. The van der Waals surface area contributed by atoms with Crippen molar-refractivity contribution in [2.45, 2.75) is 32.9 Å². The maximum atomic E-state index is 12.6. The van der Waals surface area contributed by atoms with Crippen LogP contribution in [0.25, 0.3) is 0 Å². The Hall–Kier alpha value is -2.12. The number of pyridine rings is 1. The third-order valence-corrected chi connectivity index (χ3v) is 5.63. The number of anilines is 1. The molecule has 6 nitrogen and oxygen atoms in total. The minimum Gasteiger partial charge on any atom is -0.491 e. The minimum atomic E-state index is -0.160. The van der Waals surface area contributed by atoms with Crippen molar-refractivity contribution in [1.29, 1.82) is 0 Å². The highest BCUT2D eigenvalue weighted by Gasteiger charge is 2.18. The number of ether oxygens (including phenoxy) is 1. The Morgan fingerprint density at radius 1 is 1.25 bits per heavy atom. The number of nitrogens with one attached hydrogen (secondary N) is 1. The van der Waals surface area contributed by atoms with E-state index in [2.05, 4.69) is 33.1 Å². The van der Waals surface area contributed by atoms with Crippen LogP contribution >= 0.6 is 15.9 Å². The first-order valence-electron chi connectivity index (χ1n) is 9.49. The molecular formula is C21H26BrN3O3. The molecule has 0 bridgehead atoms.